The van der Waals surface area contributed by atoms with Crippen LogP contribution in [-0.2, 0) is 10.0 Å². The molecule has 0 heterocycles. The molecule has 0 spiro atoms. The van der Waals surface area contributed by atoms with E-state index in [2.05, 4.69) is 4.72 Å². The van der Waals surface area contributed by atoms with Gasteiger partial charge in [0, 0.05) is 6.04 Å². The smallest absolute Gasteiger partial charge is 0.241 e. The third-order valence-electron chi connectivity index (χ3n) is 4.39. The van der Waals surface area contributed by atoms with Crippen molar-refractivity contribution in [3.63, 3.8) is 0 Å². The fraction of sp³-hybridized carbons (Fsp3) is 0.368. The predicted molar refractivity (Wildman–Crippen MR) is 98.9 cm³/mol. The predicted octanol–water partition coefficient (Wildman–Crippen LogP) is 3.67. The second-order valence-electron chi connectivity index (χ2n) is 6.09. The Kier molecular flexibility index (Phi) is 5.75. The van der Waals surface area contributed by atoms with Crippen molar-refractivity contribution in [1.29, 1.82) is 0 Å². The summed E-state index contributed by atoms with van der Waals surface area (Å²) in [7, 11) is -0.516. The van der Waals surface area contributed by atoms with Crippen LogP contribution < -0.4 is 14.2 Å². The van der Waals surface area contributed by atoms with Crippen LogP contribution in [0.4, 0.5) is 0 Å². The number of sulfonamides is 1. The zero-order valence-electron chi connectivity index (χ0n) is 15.5. The highest BCUT2D eigenvalue weighted by atomic mass is 32.2. The van der Waals surface area contributed by atoms with E-state index in [-0.39, 0.29) is 6.04 Å². The van der Waals surface area contributed by atoms with Crippen molar-refractivity contribution in [2.24, 2.45) is 0 Å². The Morgan fingerprint density at radius 2 is 1.68 bits per heavy atom. The zero-order chi connectivity index (χ0) is 18.8. The topological polar surface area (TPSA) is 64.6 Å². The molecule has 5 nitrogen and oxygen atoms in total. The summed E-state index contributed by atoms with van der Waals surface area (Å²) in [5, 5.41) is 0. The van der Waals surface area contributed by atoms with Crippen LogP contribution in [0.2, 0.25) is 0 Å². The lowest BCUT2D eigenvalue weighted by molar-refractivity contribution is 0.410. The van der Waals surface area contributed by atoms with E-state index in [9.17, 15) is 8.42 Å². The molecule has 25 heavy (non-hydrogen) atoms. The highest BCUT2D eigenvalue weighted by molar-refractivity contribution is 7.89. The molecule has 0 aliphatic carbocycles. The SMILES string of the molecule is COc1cccc(C(C)NS(=O)(=O)c2c(C)cc(OC)c(C)c2C)c1. The molecule has 1 N–H and O–H groups in total. The first kappa shape index (κ1) is 19.3. The fourth-order valence-corrected chi connectivity index (χ4v) is 4.68. The molecule has 2 aromatic carbocycles. The summed E-state index contributed by atoms with van der Waals surface area (Å²) in [5.41, 5.74) is 3.01. The third-order valence-corrected chi connectivity index (χ3v) is 6.22. The largest absolute Gasteiger partial charge is 0.497 e. The van der Waals surface area contributed by atoms with Crippen LogP contribution in [0.3, 0.4) is 0 Å². The van der Waals surface area contributed by atoms with Gasteiger partial charge >= 0.3 is 0 Å². The van der Waals surface area contributed by atoms with Gasteiger partial charge in [-0.15, -0.1) is 0 Å². The van der Waals surface area contributed by atoms with Crippen molar-refractivity contribution in [2.45, 2.75) is 38.6 Å². The maximum atomic E-state index is 13.0. The molecule has 0 fully saturated rings. The van der Waals surface area contributed by atoms with Gasteiger partial charge in [-0.2, -0.15) is 0 Å². The number of ether oxygens (including phenoxy) is 2. The standard InChI is InChI=1S/C19H25NO4S/c1-12-10-18(24-6)13(2)14(3)19(12)25(21,22)20-15(4)16-8-7-9-17(11-16)23-5/h7-11,15,20H,1-6H3. The number of benzene rings is 2. The van der Waals surface area contributed by atoms with Crippen molar-refractivity contribution in [1.82, 2.24) is 4.72 Å². The molecule has 1 unspecified atom stereocenters. The van der Waals surface area contributed by atoms with E-state index in [1.807, 2.05) is 38.1 Å². The molecule has 0 saturated heterocycles. The second-order valence-corrected chi connectivity index (χ2v) is 7.75. The lowest BCUT2D eigenvalue weighted by Crippen LogP contribution is -2.28. The molecule has 0 bridgehead atoms. The van der Waals surface area contributed by atoms with E-state index in [4.69, 9.17) is 9.47 Å². The number of methoxy groups -OCH3 is 2. The van der Waals surface area contributed by atoms with Gasteiger partial charge in [0.05, 0.1) is 19.1 Å². The van der Waals surface area contributed by atoms with Crippen LogP contribution in [0.25, 0.3) is 0 Å². The van der Waals surface area contributed by atoms with Crippen LogP contribution in [0.1, 0.15) is 35.2 Å². The summed E-state index contributed by atoms with van der Waals surface area (Å²) < 4.78 is 39.3. The first-order chi connectivity index (χ1) is 11.7. The van der Waals surface area contributed by atoms with E-state index in [0.29, 0.717) is 27.5 Å². The number of nitrogens with one attached hydrogen (secondary N) is 1. The molecule has 2 aromatic rings. The minimum atomic E-state index is -3.68. The van der Waals surface area contributed by atoms with E-state index in [0.717, 1.165) is 11.1 Å². The van der Waals surface area contributed by atoms with Crippen molar-refractivity contribution in [3.05, 3.63) is 52.6 Å². The van der Waals surface area contributed by atoms with Crippen LogP contribution in [0, 0.1) is 20.8 Å². The quantitative estimate of drug-likeness (QED) is 0.850. The van der Waals surface area contributed by atoms with E-state index < -0.39 is 10.0 Å². The lowest BCUT2D eigenvalue weighted by atomic mass is 10.1. The average molecular weight is 363 g/mol. The molecular weight excluding hydrogens is 338 g/mol. The Balaban J connectivity index is 2.41. The number of hydrogen-bond donors (Lipinski definition) is 1. The third kappa shape index (κ3) is 3.96. The van der Waals surface area contributed by atoms with Crippen molar-refractivity contribution >= 4 is 10.0 Å². The summed E-state index contributed by atoms with van der Waals surface area (Å²) >= 11 is 0. The average Bonchev–Trinajstić information content (AvgIpc) is 2.57. The molecule has 1 atom stereocenters. The normalized spacial score (nSPS) is 12.7. The maximum absolute atomic E-state index is 13.0. The number of hydrogen-bond acceptors (Lipinski definition) is 4. The Hall–Kier alpha value is -2.05. The maximum Gasteiger partial charge on any atom is 0.241 e. The van der Waals surface area contributed by atoms with Crippen LogP contribution in [0.5, 0.6) is 11.5 Å². The first-order valence-electron chi connectivity index (χ1n) is 8.02. The van der Waals surface area contributed by atoms with Gasteiger partial charge in [-0.3, -0.25) is 0 Å². The van der Waals surface area contributed by atoms with Gasteiger partial charge in [-0.1, -0.05) is 12.1 Å². The number of aryl methyl sites for hydroxylation is 1. The fourth-order valence-electron chi connectivity index (χ4n) is 2.92. The Bertz CT molecular complexity index is 875. The van der Waals surface area contributed by atoms with Crippen LogP contribution in [0.15, 0.2) is 35.2 Å². The summed E-state index contributed by atoms with van der Waals surface area (Å²) in [6, 6.07) is 8.73. The minimum Gasteiger partial charge on any atom is -0.497 e. The molecule has 136 valence electrons. The molecule has 0 aliphatic rings. The second kappa shape index (κ2) is 7.45. The molecule has 0 aliphatic heterocycles. The van der Waals surface area contributed by atoms with E-state index in [1.54, 1.807) is 34.1 Å². The molecule has 0 saturated carbocycles. The Morgan fingerprint density at radius 1 is 1.00 bits per heavy atom. The van der Waals surface area contributed by atoms with Gasteiger partial charge in [-0.25, -0.2) is 13.1 Å². The van der Waals surface area contributed by atoms with Gasteiger partial charge < -0.3 is 9.47 Å². The van der Waals surface area contributed by atoms with E-state index in [1.165, 1.54) is 0 Å². The molecular formula is C19H25NO4S. The van der Waals surface area contributed by atoms with Crippen LogP contribution >= 0.6 is 0 Å². The van der Waals surface area contributed by atoms with Gasteiger partial charge in [0.15, 0.2) is 0 Å². The Morgan fingerprint density at radius 3 is 2.28 bits per heavy atom. The van der Waals surface area contributed by atoms with Gasteiger partial charge in [0.2, 0.25) is 10.0 Å². The molecule has 0 aromatic heterocycles. The van der Waals surface area contributed by atoms with Crippen molar-refractivity contribution in [2.75, 3.05) is 14.2 Å². The zero-order valence-corrected chi connectivity index (χ0v) is 16.3. The number of rotatable bonds is 6. The first-order valence-corrected chi connectivity index (χ1v) is 9.50. The molecule has 6 heteroatoms. The summed E-state index contributed by atoms with van der Waals surface area (Å²) in [6.07, 6.45) is 0. The monoisotopic (exact) mass is 363 g/mol. The highest BCUT2D eigenvalue weighted by Crippen LogP contribution is 2.31. The Labute approximate surface area is 150 Å². The minimum absolute atomic E-state index is 0.306. The van der Waals surface area contributed by atoms with Gasteiger partial charge in [0.1, 0.15) is 11.5 Å². The molecule has 0 radical (unpaired) electrons. The summed E-state index contributed by atoms with van der Waals surface area (Å²) in [5.74, 6) is 1.38. The van der Waals surface area contributed by atoms with Gasteiger partial charge in [0.25, 0.3) is 0 Å². The highest BCUT2D eigenvalue weighted by Gasteiger charge is 2.25. The summed E-state index contributed by atoms with van der Waals surface area (Å²) in [4.78, 5) is 0.306. The van der Waals surface area contributed by atoms with Gasteiger partial charge in [-0.05, 0) is 68.1 Å². The lowest BCUT2D eigenvalue weighted by Gasteiger charge is -2.20. The summed E-state index contributed by atoms with van der Waals surface area (Å²) in [6.45, 7) is 7.25. The molecule has 0 amide bonds. The van der Waals surface area contributed by atoms with Crippen LogP contribution in [-0.4, -0.2) is 22.6 Å². The van der Waals surface area contributed by atoms with Crippen molar-refractivity contribution < 1.29 is 17.9 Å². The van der Waals surface area contributed by atoms with Crippen molar-refractivity contribution in [3.8, 4) is 11.5 Å². The molecule has 2 rings (SSSR count). The van der Waals surface area contributed by atoms with E-state index >= 15 is 0 Å².